The largest absolute Gasteiger partial charge is 0.382 e. The van der Waals surface area contributed by atoms with E-state index in [0.29, 0.717) is 5.82 Å². The van der Waals surface area contributed by atoms with Crippen LogP contribution in [0, 0.1) is 0 Å². The van der Waals surface area contributed by atoms with Gasteiger partial charge in [0.1, 0.15) is 5.82 Å². The highest BCUT2D eigenvalue weighted by atomic mass is 15.1. The van der Waals surface area contributed by atoms with Crippen molar-refractivity contribution < 1.29 is 0 Å². The van der Waals surface area contributed by atoms with Crippen molar-refractivity contribution in [3.05, 3.63) is 17.8 Å². The predicted octanol–water partition coefficient (Wildman–Crippen LogP) is 0.936. The Labute approximate surface area is 59.3 Å². The molecule has 1 aliphatic rings. The second-order valence-electron chi connectivity index (χ2n) is 2.69. The highest BCUT2D eigenvalue weighted by molar-refractivity contribution is 5.32. The Kier molecular flexibility index (Phi) is 1.09. The quantitative estimate of drug-likeness (QED) is 0.623. The molecule has 1 heterocycles. The highest BCUT2D eigenvalue weighted by Crippen LogP contribution is 2.39. The summed E-state index contributed by atoms with van der Waals surface area (Å²) in [6.45, 7) is 0. The summed E-state index contributed by atoms with van der Waals surface area (Å²) >= 11 is 0. The Morgan fingerprint density at radius 2 is 2.30 bits per heavy atom. The maximum atomic E-state index is 5.45. The first-order valence-electron chi connectivity index (χ1n) is 3.44. The molecule has 1 aromatic rings. The maximum absolute atomic E-state index is 5.45. The molecule has 2 rings (SSSR count). The molecule has 1 fully saturated rings. The number of rotatable bonds is 1. The summed E-state index contributed by atoms with van der Waals surface area (Å²) in [7, 11) is 0. The summed E-state index contributed by atoms with van der Waals surface area (Å²) in [5.41, 5.74) is 6.69. The Balaban J connectivity index is 2.32. The zero-order chi connectivity index (χ0) is 6.97. The van der Waals surface area contributed by atoms with Crippen LogP contribution < -0.4 is 5.73 Å². The molecule has 0 radical (unpaired) electrons. The Morgan fingerprint density at radius 3 is 2.90 bits per heavy atom. The van der Waals surface area contributed by atoms with E-state index >= 15 is 0 Å². The number of nitrogens with zero attached hydrogens (tertiary/aromatic N) is 2. The van der Waals surface area contributed by atoms with Gasteiger partial charge in [-0.2, -0.15) is 5.10 Å². The van der Waals surface area contributed by atoms with Crippen LogP contribution in [0.5, 0.6) is 0 Å². The number of hydrogen-bond donors (Lipinski definition) is 1. The summed E-state index contributed by atoms with van der Waals surface area (Å²) in [6.07, 6.45) is 4.37. The molecule has 2 N–H and O–H groups in total. The lowest BCUT2D eigenvalue weighted by atomic mass is 10.2. The van der Waals surface area contributed by atoms with Crippen molar-refractivity contribution in [1.29, 1.82) is 0 Å². The van der Waals surface area contributed by atoms with Gasteiger partial charge in [0.05, 0.1) is 6.20 Å². The van der Waals surface area contributed by atoms with E-state index in [-0.39, 0.29) is 0 Å². The average Bonchev–Trinajstić information content (AvgIpc) is 2.68. The zero-order valence-corrected chi connectivity index (χ0v) is 5.62. The van der Waals surface area contributed by atoms with E-state index in [4.69, 9.17) is 5.73 Å². The van der Waals surface area contributed by atoms with Crippen LogP contribution in [0.2, 0.25) is 0 Å². The monoisotopic (exact) mass is 135 g/mol. The van der Waals surface area contributed by atoms with E-state index in [1.54, 1.807) is 6.20 Å². The minimum atomic E-state index is 0.532. The summed E-state index contributed by atoms with van der Waals surface area (Å²) in [4.78, 5) is 0. The first-order valence-corrected chi connectivity index (χ1v) is 3.44. The van der Waals surface area contributed by atoms with Crippen LogP contribution in [0.15, 0.2) is 12.3 Å². The van der Waals surface area contributed by atoms with Crippen LogP contribution in [-0.2, 0) is 0 Å². The van der Waals surface area contributed by atoms with Gasteiger partial charge < -0.3 is 5.73 Å². The fraction of sp³-hybridized carbons (Fsp3) is 0.429. The number of nitrogens with two attached hydrogens (primary N) is 1. The minimum Gasteiger partial charge on any atom is -0.382 e. The smallest absolute Gasteiger partial charge is 0.146 e. The summed E-state index contributed by atoms with van der Waals surface area (Å²) in [5.74, 6) is 1.25. The standard InChI is InChI=1S/C7H9N3/c8-7-3-6(4-9-10-7)5-1-2-5/h3-5H,1-2H2,(H2,8,10). The van der Waals surface area contributed by atoms with Gasteiger partial charge >= 0.3 is 0 Å². The molecule has 3 heteroatoms. The minimum absolute atomic E-state index is 0.532. The van der Waals surface area contributed by atoms with E-state index in [1.807, 2.05) is 6.07 Å². The molecule has 1 aliphatic carbocycles. The number of anilines is 1. The SMILES string of the molecule is Nc1cc(C2CC2)cnn1. The second kappa shape index (κ2) is 1.94. The van der Waals surface area contributed by atoms with Gasteiger partial charge in [-0.15, -0.1) is 5.10 Å². The maximum Gasteiger partial charge on any atom is 0.146 e. The van der Waals surface area contributed by atoms with Crippen LogP contribution in [0.25, 0.3) is 0 Å². The molecule has 0 aliphatic heterocycles. The number of hydrogen-bond acceptors (Lipinski definition) is 3. The Hall–Kier alpha value is -1.12. The van der Waals surface area contributed by atoms with E-state index in [1.165, 1.54) is 18.4 Å². The van der Waals surface area contributed by atoms with Crippen molar-refractivity contribution in [2.24, 2.45) is 0 Å². The fourth-order valence-electron chi connectivity index (χ4n) is 1.04. The second-order valence-corrected chi connectivity index (χ2v) is 2.69. The first-order chi connectivity index (χ1) is 4.86. The van der Waals surface area contributed by atoms with Gasteiger partial charge in [-0.25, -0.2) is 0 Å². The van der Waals surface area contributed by atoms with Crippen LogP contribution >= 0.6 is 0 Å². The van der Waals surface area contributed by atoms with Crippen molar-refractivity contribution >= 4 is 5.82 Å². The van der Waals surface area contributed by atoms with Gasteiger partial charge in [-0.1, -0.05) is 0 Å². The molecular weight excluding hydrogens is 126 g/mol. The molecule has 52 valence electrons. The van der Waals surface area contributed by atoms with Gasteiger partial charge in [-0.3, -0.25) is 0 Å². The third-order valence-electron chi connectivity index (χ3n) is 1.74. The molecule has 0 saturated heterocycles. The highest BCUT2D eigenvalue weighted by Gasteiger charge is 2.23. The summed E-state index contributed by atoms with van der Waals surface area (Å²) in [6, 6.07) is 1.91. The van der Waals surface area contributed by atoms with Crippen LogP contribution in [0.3, 0.4) is 0 Å². The van der Waals surface area contributed by atoms with E-state index in [9.17, 15) is 0 Å². The van der Waals surface area contributed by atoms with E-state index < -0.39 is 0 Å². The predicted molar refractivity (Wildman–Crippen MR) is 38.4 cm³/mol. The molecule has 10 heavy (non-hydrogen) atoms. The molecule has 0 spiro atoms. The van der Waals surface area contributed by atoms with E-state index in [2.05, 4.69) is 10.2 Å². The molecular formula is C7H9N3. The molecule has 0 atom stereocenters. The van der Waals surface area contributed by atoms with Gasteiger partial charge in [0.25, 0.3) is 0 Å². The molecule has 0 amide bonds. The average molecular weight is 135 g/mol. The van der Waals surface area contributed by atoms with Gasteiger partial charge in [0.15, 0.2) is 0 Å². The first kappa shape index (κ1) is 5.65. The lowest BCUT2D eigenvalue weighted by molar-refractivity contribution is 0.987. The fourth-order valence-corrected chi connectivity index (χ4v) is 1.04. The molecule has 3 nitrogen and oxygen atoms in total. The lowest BCUT2D eigenvalue weighted by Gasteiger charge is -1.95. The van der Waals surface area contributed by atoms with Gasteiger partial charge in [-0.05, 0) is 30.4 Å². The lowest BCUT2D eigenvalue weighted by Crippen LogP contribution is -1.93. The molecule has 0 unspecified atom stereocenters. The summed E-state index contributed by atoms with van der Waals surface area (Å²) in [5, 5.41) is 7.45. The van der Waals surface area contributed by atoms with Gasteiger partial charge in [0.2, 0.25) is 0 Å². The van der Waals surface area contributed by atoms with E-state index in [0.717, 1.165) is 5.92 Å². The normalized spacial score (nSPS) is 17.2. The van der Waals surface area contributed by atoms with Crippen molar-refractivity contribution in [1.82, 2.24) is 10.2 Å². The van der Waals surface area contributed by atoms with Crippen molar-refractivity contribution in [3.63, 3.8) is 0 Å². The zero-order valence-electron chi connectivity index (χ0n) is 5.62. The molecule has 0 bridgehead atoms. The topological polar surface area (TPSA) is 51.8 Å². The van der Waals surface area contributed by atoms with Crippen molar-refractivity contribution in [3.8, 4) is 0 Å². The van der Waals surface area contributed by atoms with Crippen LogP contribution in [0.4, 0.5) is 5.82 Å². The third-order valence-corrected chi connectivity index (χ3v) is 1.74. The van der Waals surface area contributed by atoms with Crippen LogP contribution in [0.1, 0.15) is 24.3 Å². The number of nitrogen functional groups attached to an aromatic ring is 1. The molecule has 0 aromatic carbocycles. The summed E-state index contributed by atoms with van der Waals surface area (Å²) < 4.78 is 0. The van der Waals surface area contributed by atoms with Crippen molar-refractivity contribution in [2.75, 3.05) is 5.73 Å². The molecule has 1 aromatic heterocycles. The Bertz CT molecular complexity index is 242. The van der Waals surface area contributed by atoms with Crippen LogP contribution in [-0.4, -0.2) is 10.2 Å². The molecule has 1 saturated carbocycles. The van der Waals surface area contributed by atoms with Gasteiger partial charge in [0, 0.05) is 0 Å². The van der Waals surface area contributed by atoms with Crippen molar-refractivity contribution in [2.45, 2.75) is 18.8 Å². The third kappa shape index (κ3) is 0.943. The number of aromatic nitrogens is 2. The Morgan fingerprint density at radius 1 is 1.50 bits per heavy atom.